The number of morpholine rings is 1. The van der Waals surface area contributed by atoms with Crippen molar-refractivity contribution < 1.29 is 4.74 Å². The molecule has 2 nitrogen and oxygen atoms in total. The van der Waals surface area contributed by atoms with E-state index in [0.29, 0.717) is 5.54 Å². The first kappa shape index (κ1) is 8.02. The molecule has 10 heavy (non-hydrogen) atoms. The first-order valence-electron chi connectivity index (χ1n) is 3.93. The van der Waals surface area contributed by atoms with Crippen LogP contribution >= 0.6 is 0 Å². The zero-order chi connectivity index (χ0) is 7.61. The predicted octanol–water partition coefficient (Wildman–Crippen LogP) is 0.955. The summed E-state index contributed by atoms with van der Waals surface area (Å²) >= 11 is 0. The fourth-order valence-corrected chi connectivity index (χ4v) is 1.23. The van der Waals surface area contributed by atoms with E-state index in [9.17, 15) is 0 Å². The van der Waals surface area contributed by atoms with Crippen LogP contribution in [0.1, 0.15) is 20.8 Å². The first-order valence-corrected chi connectivity index (χ1v) is 3.93. The molecular weight excluding hydrogens is 126 g/mol. The Bertz CT molecular complexity index is 100. The molecule has 0 spiro atoms. The van der Waals surface area contributed by atoms with Gasteiger partial charge < -0.3 is 4.74 Å². The third-order valence-electron chi connectivity index (χ3n) is 1.96. The lowest BCUT2D eigenvalue weighted by Crippen LogP contribution is -2.52. The highest BCUT2D eigenvalue weighted by molar-refractivity contribution is 4.82. The van der Waals surface area contributed by atoms with Crippen molar-refractivity contribution in [3.8, 4) is 0 Å². The quantitative estimate of drug-likeness (QED) is 0.461. The van der Waals surface area contributed by atoms with Crippen molar-refractivity contribution in [3.05, 3.63) is 0 Å². The third-order valence-corrected chi connectivity index (χ3v) is 1.96. The van der Waals surface area contributed by atoms with E-state index in [-0.39, 0.29) is 0 Å². The van der Waals surface area contributed by atoms with Crippen LogP contribution in [0.15, 0.2) is 0 Å². The van der Waals surface area contributed by atoms with Crippen molar-refractivity contribution in [3.63, 3.8) is 0 Å². The summed E-state index contributed by atoms with van der Waals surface area (Å²) in [6.07, 6.45) is 0. The molecule has 0 bridgehead atoms. The minimum atomic E-state index is 0.323. The lowest BCUT2D eigenvalue weighted by atomic mass is 10.1. The van der Waals surface area contributed by atoms with E-state index in [2.05, 4.69) is 25.7 Å². The summed E-state index contributed by atoms with van der Waals surface area (Å²) in [5.74, 6) is 0. The molecule has 0 unspecified atom stereocenters. The predicted molar refractivity (Wildman–Crippen MR) is 42.4 cm³/mol. The molecule has 1 aliphatic rings. The molecular formula is C8H17NO+. The lowest BCUT2D eigenvalue weighted by Gasteiger charge is -2.28. The molecule has 0 amide bonds. The molecule has 0 atom stereocenters. The highest BCUT2D eigenvalue weighted by atomic mass is 16.5. The molecule has 1 saturated heterocycles. The van der Waals surface area contributed by atoms with Gasteiger partial charge in [-0.05, 0) is 20.8 Å². The van der Waals surface area contributed by atoms with Gasteiger partial charge in [0.05, 0.1) is 0 Å². The molecule has 0 aliphatic carbocycles. The van der Waals surface area contributed by atoms with E-state index in [1.165, 1.54) is 0 Å². The van der Waals surface area contributed by atoms with Crippen LogP contribution in [0.4, 0.5) is 0 Å². The van der Waals surface area contributed by atoms with Crippen LogP contribution < -0.4 is 4.90 Å². The molecule has 59 valence electrons. The van der Waals surface area contributed by atoms with E-state index in [1.54, 1.807) is 0 Å². The SMILES string of the molecule is CC(C)(C)[N+]1CCOCC1. The third kappa shape index (κ3) is 1.96. The van der Waals surface area contributed by atoms with Crippen molar-refractivity contribution in [2.24, 2.45) is 0 Å². The van der Waals surface area contributed by atoms with Gasteiger partial charge in [0.25, 0.3) is 0 Å². The molecule has 1 radical (unpaired) electrons. The topological polar surface area (TPSA) is 15.1 Å². The van der Waals surface area contributed by atoms with Crippen LogP contribution in [-0.4, -0.2) is 31.8 Å². The Morgan fingerprint density at radius 3 is 1.90 bits per heavy atom. The maximum Gasteiger partial charge on any atom is 0.146 e. The lowest BCUT2D eigenvalue weighted by molar-refractivity contribution is 0.0476. The van der Waals surface area contributed by atoms with Crippen LogP contribution in [0, 0.1) is 0 Å². The van der Waals surface area contributed by atoms with Crippen molar-refractivity contribution >= 4 is 0 Å². The standard InChI is InChI=1S/C8H17NO/c1-8(2,3)9-4-6-10-7-5-9/h4-7H2,1-3H3/q+1. The molecule has 1 fully saturated rings. The van der Waals surface area contributed by atoms with Gasteiger partial charge >= 0.3 is 0 Å². The number of nitrogens with zero attached hydrogens (tertiary/aromatic N) is 1. The summed E-state index contributed by atoms with van der Waals surface area (Å²) in [6, 6.07) is 0. The van der Waals surface area contributed by atoms with E-state index in [0.717, 1.165) is 26.3 Å². The van der Waals surface area contributed by atoms with Gasteiger partial charge in [-0.1, -0.05) is 0 Å². The van der Waals surface area contributed by atoms with Gasteiger partial charge in [-0.2, -0.15) is 4.90 Å². The number of hydrogen-bond donors (Lipinski definition) is 0. The zero-order valence-electron chi connectivity index (χ0n) is 7.18. The zero-order valence-corrected chi connectivity index (χ0v) is 7.18. The Balaban J connectivity index is 2.39. The molecule has 0 aromatic heterocycles. The average molecular weight is 143 g/mol. The van der Waals surface area contributed by atoms with E-state index < -0.39 is 0 Å². The molecule has 0 N–H and O–H groups in total. The van der Waals surface area contributed by atoms with Gasteiger partial charge in [-0.3, -0.25) is 0 Å². The van der Waals surface area contributed by atoms with Crippen LogP contribution in [0.2, 0.25) is 0 Å². The Kier molecular flexibility index (Phi) is 2.32. The number of ether oxygens (including phenoxy) is 1. The fraction of sp³-hybridized carbons (Fsp3) is 1.00. The maximum atomic E-state index is 5.25. The number of rotatable bonds is 0. The van der Waals surface area contributed by atoms with Crippen molar-refractivity contribution in [2.75, 3.05) is 26.3 Å². The van der Waals surface area contributed by atoms with Crippen molar-refractivity contribution in [2.45, 2.75) is 26.3 Å². The monoisotopic (exact) mass is 143 g/mol. The summed E-state index contributed by atoms with van der Waals surface area (Å²) in [6.45, 7) is 10.7. The van der Waals surface area contributed by atoms with Crippen LogP contribution in [-0.2, 0) is 4.74 Å². The fourth-order valence-electron chi connectivity index (χ4n) is 1.23. The Morgan fingerprint density at radius 1 is 1.10 bits per heavy atom. The van der Waals surface area contributed by atoms with E-state index in [4.69, 9.17) is 4.74 Å². The molecule has 2 heteroatoms. The normalized spacial score (nSPS) is 23.1. The number of hydrogen-bond acceptors (Lipinski definition) is 2. The summed E-state index contributed by atoms with van der Waals surface area (Å²) < 4.78 is 5.25. The summed E-state index contributed by atoms with van der Waals surface area (Å²) in [7, 11) is 0. The largest absolute Gasteiger partial charge is 0.369 e. The minimum Gasteiger partial charge on any atom is -0.369 e. The summed E-state index contributed by atoms with van der Waals surface area (Å²) in [5, 5.41) is 0. The minimum absolute atomic E-state index is 0.323. The Labute approximate surface area is 63.2 Å². The Morgan fingerprint density at radius 2 is 1.60 bits per heavy atom. The van der Waals surface area contributed by atoms with Gasteiger partial charge in [0.1, 0.15) is 31.8 Å². The van der Waals surface area contributed by atoms with Gasteiger partial charge in [0.2, 0.25) is 0 Å². The van der Waals surface area contributed by atoms with Crippen LogP contribution in [0.3, 0.4) is 0 Å². The second kappa shape index (κ2) is 2.89. The van der Waals surface area contributed by atoms with Gasteiger partial charge in [0, 0.05) is 0 Å². The summed E-state index contributed by atoms with van der Waals surface area (Å²) in [5.41, 5.74) is 0.323. The first-order chi connectivity index (χ1) is 4.61. The van der Waals surface area contributed by atoms with Crippen molar-refractivity contribution in [1.29, 1.82) is 0 Å². The molecule has 0 saturated carbocycles. The highest BCUT2D eigenvalue weighted by Crippen LogP contribution is 2.10. The van der Waals surface area contributed by atoms with E-state index in [1.807, 2.05) is 0 Å². The maximum absolute atomic E-state index is 5.25. The van der Waals surface area contributed by atoms with Gasteiger partial charge in [-0.25, -0.2) is 0 Å². The van der Waals surface area contributed by atoms with Gasteiger partial charge in [-0.15, -0.1) is 0 Å². The Hall–Kier alpha value is -0.0800. The van der Waals surface area contributed by atoms with Gasteiger partial charge in [0.15, 0.2) is 0 Å². The molecule has 1 rings (SSSR count). The van der Waals surface area contributed by atoms with E-state index >= 15 is 0 Å². The highest BCUT2D eigenvalue weighted by Gasteiger charge is 2.32. The van der Waals surface area contributed by atoms with Crippen molar-refractivity contribution in [1.82, 2.24) is 4.90 Å². The molecule has 1 heterocycles. The smallest absolute Gasteiger partial charge is 0.146 e. The molecule has 0 aromatic carbocycles. The second-order valence-electron chi connectivity index (χ2n) is 3.77. The molecule has 1 aliphatic heterocycles. The average Bonchev–Trinajstić information content (AvgIpc) is 1.88. The van der Waals surface area contributed by atoms with Crippen LogP contribution in [0.5, 0.6) is 0 Å². The van der Waals surface area contributed by atoms with Crippen LogP contribution in [0.25, 0.3) is 0 Å². The molecule has 0 aromatic rings. The summed E-state index contributed by atoms with van der Waals surface area (Å²) in [4.78, 5) is 2.45. The second-order valence-corrected chi connectivity index (χ2v) is 3.77.